The zero-order valence-electron chi connectivity index (χ0n) is 18.0. The van der Waals surface area contributed by atoms with E-state index in [4.69, 9.17) is 4.99 Å². The van der Waals surface area contributed by atoms with Crippen LogP contribution in [0.15, 0.2) is 4.99 Å². The fourth-order valence-corrected chi connectivity index (χ4v) is 4.64. The van der Waals surface area contributed by atoms with Crippen LogP contribution in [0.3, 0.4) is 0 Å². The number of hydrogen-bond acceptors (Lipinski definition) is 3. The quantitative estimate of drug-likeness (QED) is 0.513. The number of rotatable bonds is 8. The van der Waals surface area contributed by atoms with Crippen molar-refractivity contribution in [3.63, 3.8) is 0 Å². The first kappa shape index (κ1) is 21.5. The lowest BCUT2D eigenvalue weighted by Gasteiger charge is -2.36. The Labute approximate surface area is 162 Å². The number of guanidine groups is 1. The number of aliphatic imine (C=N–C) groups is 1. The van der Waals surface area contributed by atoms with E-state index in [2.05, 4.69) is 55.2 Å². The molecule has 1 heterocycles. The maximum atomic E-state index is 5.02. The molecule has 2 N–H and O–H groups in total. The third-order valence-electron chi connectivity index (χ3n) is 6.15. The van der Waals surface area contributed by atoms with Crippen LogP contribution >= 0.6 is 0 Å². The molecule has 0 aromatic heterocycles. The second-order valence-electron chi connectivity index (χ2n) is 9.07. The van der Waals surface area contributed by atoms with E-state index in [0.29, 0.717) is 11.5 Å². The van der Waals surface area contributed by atoms with Gasteiger partial charge in [-0.25, -0.2) is 0 Å². The van der Waals surface area contributed by atoms with Crippen molar-refractivity contribution in [3.05, 3.63) is 0 Å². The van der Waals surface area contributed by atoms with Crippen molar-refractivity contribution in [2.24, 2.45) is 16.3 Å². The normalized spacial score (nSPS) is 23.4. The highest BCUT2D eigenvalue weighted by Crippen LogP contribution is 2.43. The number of piperazine rings is 1. The largest absolute Gasteiger partial charge is 0.357 e. The molecule has 5 heteroatoms. The van der Waals surface area contributed by atoms with E-state index in [1.54, 1.807) is 0 Å². The van der Waals surface area contributed by atoms with E-state index < -0.39 is 0 Å². The Bertz CT molecular complexity index is 420. The van der Waals surface area contributed by atoms with Gasteiger partial charge in [0, 0.05) is 51.9 Å². The van der Waals surface area contributed by atoms with Crippen LogP contribution in [0.5, 0.6) is 0 Å². The Morgan fingerprint density at radius 3 is 2.27 bits per heavy atom. The molecule has 0 bridgehead atoms. The van der Waals surface area contributed by atoms with Gasteiger partial charge in [-0.05, 0) is 51.5 Å². The van der Waals surface area contributed by atoms with Gasteiger partial charge in [-0.3, -0.25) is 9.89 Å². The van der Waals surface area contributed by atoms with E-state index in [-0.39, 0.29) is 0 Å². The lowest BCUT2D eigenvalue weighted by Crippen LogP contribution is -2.52. The van der Waals surface area contributed by atoms with E-state index in [1.165, 1.54) is 58.3 Å². The molecule has 2 rings (SSSR count). The summed E-state index contributed by atoms with van der Waals surface area (Å²) >= 11 is 0. The summed E-state index contributed by atoms with van der Waals surface area (Å²) in [6, 6.07) is 0.545. The fraction of sp³-hybridized carbons (Fsp3) is 0.952. The summed E-state index contributed by atoms with van der Waals surface area (Å²) in [7, 11) is 2.21. The molecule has 1 saturated heterocycles. The molecular weight excluding hydrogens is 322 g/mol. The first-order valence-corrected chi connectivity index (χ1v) is 10.9. The van der Waals surface area contributed by atoms with Crippen LogP contribution in [0, 0.1) is 11.3 Å². The summed E-state index contributed by atoms with van der Waals surface area (Å²) in [5.41, 5.74) is 0.444. The molecule has 0 aromatic carbocycles. The molecule has 5 nitrogen and oxygen atoms in total. The van der Waals surface area contributed by atoms with Gasteiger partial charge in [-0.15, -0.1) is 0 Å². The van der Waals surface area contributed by atoms with Crippen molar-refractivity contribution in [3.8, 4) is 0 Å². The first-order valence-electron chi connectivity index (χ1n) is 10.9. The van der Waals surface area contributed by atoms with Crippen molar-refractivity contribution in [1.29, 1.82) is 0 Å². The van der Waals surface area contributed by atoms with Gasteiger partial charge in [0.05, 0.1) is 0 Å². The summed E-state index contributed by atoms with van der Waals surface area (Å²) in [4.78, 5) is 10.0. The van der Waals surface area contributed by atoms with Crippen molar-refractivity contribution >= 4 is 5.96 Å². The van der Waals surface area contributed by atoms with Gasteiger partial charge < -0.3 is 15.5 Å². The Hall–Kier alpha value is -0.810. The predicted molar refractivity (Wildman–Crippen MR) is 113 cm³/mol. The minimum Gasteiger partial charge on any atom is -0.357 e. The van der Waals surface area contributed by atoms with E-state index in [0.717, 1.165) is 31.5 Å². The molecule has 0 radical (unpaired) electrons. The molecule has 26 heavy (non-hydrogen) atoms. The second kappa shape index (κ2) is 10.5. The molecule has 2 aliphatic rings. The topological polar surface area (TPSA) is 42.9 Å². The van der Waals surface area contributed by atoms with Gasteiger partial charge in [0.2, 0.25) is 0 Å². The molecule has 0 amide bonds. The minimum absolute atomic E-state index is 0.444. The SMILES string of the molecule is CCNC(=NCC1(CC(C)C)CCCC1)NCC(C)N1CCN(C)CC1. The number of hydrogen-bond donors (Lipinski definition) is 2. The predicted octanol–water partition coefficient (Wildman–Crippen LogP) is 2.78. The van der Waals surface area contributed by atoms with Crippen molar-refractivity contribution < 1.29 is 0 Å². The molecule has 1 saturated carbocycles. The molecule has 152 valence electrons. The first-order chi connectivity index (χ1) is 12.4. The Morgan fingerprint density at radius 2 is 1.69 bits per heavy atom. The van der Waals surface area contributed by atoms with Crippen molar-refractivity contribution in [2.75, 3.05) is 52.9 Å². The van der Waals surface area contributed by atoms with E-state index in [9.17, 15) is 0 Å². The average Bonchev–Trinajstić information content (AvgIpc) is 3.05. The third-order valence-corrected chi connectivity index (χ3v) is 6.15. The highest BCUT2D eigenvalue weighted by molar-refractivity contribution is 5.79. The number of nitrogens with zero attached hydrogens (tertiary/aromatic N) is 3. The molecule has 2 fully saturated rings. The smallest absolute Gasteiger partial charge is 0.191 e. The van der Waals surface area contributed by atoms with Gasteiger partial charge in [0.25, 0.3) is 0 Å². The summed E-state index contributed by atoms with van der Waals surface area (Å²) in [6.45, 7) is 16.7. The Morgan fingerprint density at radius 1 is 1.04 bits per heavy atom. The van der Waals surface area contributed by atoms with Crippen LogP contribution in [0.25, 0.3) is 0 Å². The van der Waals surface area contributed by atoms with Crippen LogP contribution < -0.4 is 10.6 Å². The maximum absolute atomic E-state index is 5.02. The monoisotopic (exact) mass is 365 g/mol. The summed E-state index contributed by atoms with van der Waals surface area (Å²) in [6.07, 6.45) is 6.78. The van der Waals surface area contributed by atoms with E-state index in [1.807, 2.05) is 0 Å². The molecule has 1 aliphatic carbocycles. The summed E-state index contributed by atoms with van der Waals surface area (Å²) in [5, 5.41) is 7.06. The van der Waals surface area contributed by atoms with E-state index >= 15 is 0 Å². The molecular formula is C21H43N5. The molecule has 0 spiro atoms. The Balaban J connectivity index is 1.87. The highest BCUT2D eigenvalue weighted by Gasteiger charge is 2.34. The molecule has 0 aromatic rings. The average molecular weight is 366 g/mol. The van der Waals surface area contributed by atoms with Crippen LogP contribution in [0.1, 0.15) is 59.8 Å². The molecule has 1 atom stereocenters. The summed E-state index contributed by atoms with van der Waals surface area (Å²) in [5.74, 6) is 1.76. The lowest BCUT2D eigenvalue weighted by molar-refractivity contribution is 0.120. The van der Waals surface area contributed by atoms with Crippen LogP contribution in [-0.4, -0.2) is 74.7 Å². The highest BCUT2D eigenvalue weighted by atomic mass is 15.3. The van der Waals surface area contributed by atoms with Crippen molar-refractivity contribution in [1.82, 2.24) is 20.4 Å². The van der Waals surface area contributed by atoms with Gasteiger partial charge in [0.1, 0.15) is 0 Å². The van der Waals surface area contributed by atoms with Crippen LogP contribution in [-0.2, 0) is 0 Å². The van der Waals surface area contributed by atoms with Gasteiger partial charge in [-0.1, -0.05) is 26.7 Å². The zero-order chi connectivity index (χ0) is 19.0. The maximum Gasteiger partial charge on any atom is 0.191 e. The third kappa shape index (κ3) is 6.73. The minimum atomic E-state index is 0.444. The summed E-state index contributed by atoms with van der Waals surface area (Å²) < 4.78 is 0. The lowest BCUT2D eigenvalue weighted by atomic mass is 9.78. The molecule has 1 aliphatic heterocycles. The van der Waals surface area contributed by atoms with Crippen LogP contribution in [0.2, 0.25) is 0 Å². The van der Waals surface area contributed by atoms with Gasteiger partial charge in [-0.2, -0.15) is 0 Å². The number of nitrogens with one attached hydrogen (secondary N) is 2. The number of likely N-dealkylation sites (N-methyl/N-ethyl adjacent to an activating group) is 1. The molecule has 1 unspecified atom stereocenters. The Kier molecular flexibility index (Phi) is 8.68. The van der Waals surface area contributed by atoms with Crippen LogP contribution in [0.4, 0.5) is 0 Å². The van der Waals surface area contributed by atoms with Crippen molar-refractivity contribution in [2.45, 2.75) is 65.8 Å². The van der Waals surface area contributed by atoms with Gasteiger partial charge in [0.15, 0.2) is 5.96 Å². The fourth-order valence-electron chi connectivity index (χ4n) is 4.64. The van der Waals surface area contributed by atoms with Gasteiger partial charge >= 0.3 is 0 Å². The standard InChI is InChI=1S/C21H43N5/c1-6-22-20(23-16-19(4)26-13-11-25(5)12-14-26)24-17-21(15-18(2)3)9-7-8-10-21/h18-19H,6-17H2,1-5H3,(H2,22,23,24). The second-order valence-corrected chi connectivity index (χ2v) is 9.07. The zero-order valence-corrected chi connectivity index (χ0v) is 18.0.